The van der Waals surface area contributed by atoms with Gasteiger partial charge in [0, 0.05) is 37.9 Å². The van der Waals surface area contributed by atoms with Gasteiger partial charge in [0.15, 0.2) is 0 Å². The second-order valence-electron chi connectivity index (χ2n) is 7.99. The summed E-state index contributed by atoms with van der Waals surface area (Å²) in [6, 6.07) is 11.7. The van der Waals surface area contributed by atoms with Gasteiger partial charge in [0.1, 0.15) is 6.61 Å². The molecule has 1 spiro atoms. The van der Waals surface area contributed by atoms with Crippen LogP contribution in [-0.2, 0) is 20.9 Å². The minimum atomic E-state index is -0.377. The lowest BCUT2D eigenvalue weighted by molar-refractivity contribution is -0.141. The quantitative estimate of drug-likeness (QED) is 0.796. The molecule has 0 N–H and O–H groups in total. The fraction of sp³-hybridized carbons (Fsp3) is 0.500. The Bertz CT molecular complexity index is 866. The summed E-state index contributed by atoms with van der Waals surface area (Å²) in [4.78, 5) is 28.9. The molecule has 0 bridgehead atoms. The molecule has 3 heterocycles. The van der Waals surface area contributed by atoms with E-state index in [9.17, 15) is 9.59 Å². The lowest BCUT2D eigenvalue weighted by Gasteiger charge is -2.42. The number of carbonyl (C=O) groups is 2. The third-order valence-corrected chi connectivity index (χ3v) is 5.90. The van der Waals surface area contributed by atoms with Crippen molar-refractivity contribution in [2.45, 2.75) is 44.8 Å². The van der Waals surface area contributed by atoms with Crippen molar-refractivity contribution in [2.75, 3.05) is 31.1 Å². The maximum Gasteiger partial charge on any atom is 0.253 e. The molecule has 7 heteroatoms. The van der Waals surface area contributed by atoms with E-state index in [0.717, 1.165) is 37.2 Å². The van der Waals surface area contributed by atoms with Gasteiger partial charge in [-0.3, -0.25) is 14.3 Å². The van der Waals surface area contributed by atoms with E-state index >= 15 is 0 Å². The topological polar surface area (TPSA) is 67.7 Å². The molecule has 2 amide bonds. The number of hydrogen-bond acceptors (Lipinski definition) is 4. The SMILES string of the molecule is Cc1ccn(CCC(=O)N2CCCC3(CC2)CN(c2ccccc2)C(=O)CO3)n1. The number of aryl methyl sites for hydroxylation is 2. The zero-order valence-electron chi connectivity index (χ0n) is 16.9. The van der Waals surface area contributed by atoms with Gasteiger partial charge in [0.2, 0.25) is 5.91 Å². The highest BCUT2D eigenvalue weighted by molar-refractivity contribution is 5.95. The van der Waals surface area contributed by atoms with Crippen molar-refractivity contribution in [2.24, 2.45) is 0 Å². The fourth-order valence-corrected chi connectivity index (χ4v) is 4.23. The third-order valence-electron chi connectivity index (χ3n) is 5.90. The number of morpholine rings is 1. The van der Waals surface area contributed by atoms with Crippen LogP contribution >= 0.6 is 0 Å². The first-order valence-electron chi connectivity index (χ1n) is 10.3. The van der Waals surface area contributed by atoms with Crippen LogP contribution in [0.5, 0.6) is 0 Å². The van der Waals surface area contributed by atoms with Gasteiger partial charge in [-0.05, 0) is 44.4 Å². The number of carbonyl (C=O) groups excluding carboxylic acids is 2. The van der Waals surface area contributed by atoms with E-state index in [-0.39, 0.29) is 24.0 Å². The van der Waals surface area contributed by atoms with Gasteiger partial charge < -0.3 is 14.5 Å². The maximum atomic E-state index is 12.7. The number of nitrogens with zero attached hydrogens (tertiary/aromatic N) is 4. The predicted molar refractivity (Wildman–Crippen MR) is 109 cm³/mol. The van der Waals surface area contributed by atoms with Gasteiger partial charge >= 0.3 is 0 Å². The second kappa shape index (κ2) is 8.37. The molecule has 1 aromatic heterocycles. The Morgan fingerprint density at radius 3 is 2.76 bits per heavy atom. The summed E-state index contributed by atoms with van der Waals surface area (Å²) < 4.78 is 7.89. The Morgan fingerprint density at radius 1 is 1.17 bits per heavy atom. The van der Waals surface area contributed by atoms with Gasteiger partial charge in [0.05, 0.1) is 17.8 Å². The van der Waals surface area contributed by atoms with Gasteiger partial charge in [0.25, 0.3) is 5.91 Å². The average molecular weight is 396 g/mol. The highest BCUT2D eigenvalue weighted by Crippen LogP contribution is 2.33. The molecule has 2 saturated heterocycles. The van der Waals surface area contributed by atoms with Gasteiger partial charge in [-0.25, -0.2) is 0 Å². The normalized spacial score (nSPS) is 22.7. The summed E-state index contributed by atoms with van der Waals surface area (Å²) in [5, 5.41) is 4.35. The number of hydrogen-bond donors (Lipinski definition) is 0. The molecule has 1 aromatic carbocycles. The number of benzene rings is 1. The molecule has 2 aromatic rings. The fourth-order valence-electron chi connectivity index (χ4n) is 4.23. The summed E-state index contributed by atoms with van der Waals surface area (Å²) >= 11 is 0. The van der Waals surface area contributed by atoms with Crippen molar-refractivity contribution in [1.82, 2.24) is 14.7 Å². The lowest BCUT2D eigenvalue weighted by Crippen LogP contribution is -2.55. The van der Waals surface area contributed by atoms with Gasteiger partial charge in [-0.15, -0.1) is 0 Å². The van der Waals surface area contributed by atoms with Crippen LogP contribution in [0.3, 0.4) is 0 Å². The van der Waals surface area contributed by atoms with Crippen molar-refractivity contribution in [3.8, 4) is 0 Å². The zero-order valence-corrected chi connectivity index (χ0v) is 16.9. The maximum absolute atomic E-state index is 12.7. The number of ether oxygens (including phenoxy) is 1. The molecule has 154 valence electrons. The van der Waals surface area contributed by atoms with E-state index in [1.165, 1.54) is 0 Å². The average Bonchev–Trinajstić information content (AvgIpc) is 3.05. The molecule has 2 fully saturated rings. The number of anilines is 1. The monoisotopic (exact) mass is 396 g/mol. The Labute approximate surface area is 171 Å². The highest BCUT2D eigenvalue weighted by atomic mass is 16.5. The van der Waals surface area contributed by atoms with Crippen LogP contribution < -0.4 is 4.90 Å². The summed E-state index contributed by atoms with van der Waals surface area (Å²) in [7, 11) is 0. The zero-order chi connectivity index (χ0) is 20.3. The number of rotatable bonds is 4. The van der Waals surface area contributed by atoms with Crippen LogP contribution in [0.25, 0.3) is 0 Å². The highest BCUT2D eigenvalue weighted by Gasteiger charge is 2.41. The van der Waals surface area contributed by atoms with Crippen molar-refractivity contribution in [1.29, 1.82) is 0 Å². The summed E-state index contributed by atoms with van der Waals surface area (Å²) in [5.41, 5.74) is 1.49. The van der Waals surface area contributed by atoms with Crippen molar-refractivity contribution < 1.29 is 14.3 Å². The van der Waals surface area contributed by atoms with Crippen LogP contribution in [0, 0.1) is 6.92 Å². The van der Waals surface area contributed by atoms with E-state index in [1.807, 2.05) is 64.0 Å². The van der Waals surface area contributed by atoms with Crippen LogP contribution in [0.15, 0.2) is 42.6 Å². The van der Waals surface area contributed by atoms with Crippen LogP contribution in [0.4, 0.5) is 5.69 Å². The first-order valence-corrected chi connectivity index (χ1v) is 10.3. The van der Waals surface area contributed by atoms with E-state index < -0.39 is 0 Å². The molecule has 2 aliphatic heterocycles. The third kappa shape index (κ3) is 4.50. The standard InChI is InChI=1S/C22H28N4O3/c1-18-8-13-25(23-18)14-9-20(27)24-12-5-10-22(11-15-24)17-26(21(28)16-29-22)19-6-3-2-4-7-19/h2-4,6-8,13H,5,9-12,14-17H2,1H3. The molecule has 29 heavy (non-hydrogen) atoms. The Balaban J connectivity index is 1.37. The number of amides is 2. The molecule has 4 rings (SSSR count). The van der Waals surface area contributed by atoms with Gasteiger partial charge in [-0.1, -0.05) is 18.2 Å². The summed E-state index contributed by atoms with van der Waals surface area (Å²) in [6.07, 6.45) is 4.83. The van der Waals surface area contributed by atoms with Crippen LogP contribution in [-0.4, -0.2) is 58.3 Å². The first-order chi connectivity index (χ1) is 14.0. The Hall–Kier alpha value is -2.67. The number of aromatic nitrogens is 2. The van der Waals surface area contributed by atoms with Crippen molar-refractivity contribution in [3.05, 3.63) is 48.3 Å². The largest absolute Gasteiger partial charge is 0.363 e. The molecule has 0 radical (unpaired) electrons. The lowest BCUT2D eigenvalue weighted by atomic mass is 9.92. The van der Waals surface area contributed by atoms with E-state index in [2.05, 4.69) is 5.10 Å². The molecule has 7 nitrogen and oxygen atoms in total. The number of likely N-dealkylation sites (tertiary alicyclic amines) is 1. The Kier molecular flexibility index (Phi) is 5.67. The van der Waals surface area contributed by atoms with Crippen LogP contribution in [0.1, 0.15) is 31.4 Å². The molecule has 0 saturated carbocycles. The predicted octanol–water partition coefficient (Wildman–Crippen LogP) is 2.40. The molecular weight excluding hydrogens is 368 g/mol. The number of para-hydroxylation sites is 1. The molecule has 2 aliphatic rings. The van der Waals surface area contributed by atoms with E-state index in [0.29, 0.717) is 26.1 Å². The minimum Gasteiger partial charge on any atom is -0.363 e. The second-order valence-corrected chi connectivity index (χ2v) is 7.99. The first kappa shape index (κ1) is 19.6. The molecule has 0 aliphatic carbocycles. The van der Waals surface area contributed by atoms with Crippen molar-refractivity contribution >= 4 is 17.5 Å². The van der Waals surface area contributed by atoms with E-state index in [4.69, 9.17) is 4.74 Å². The molecule has 1 atom stereocenters. The van der Waals surface area contributed by atoms with E-state index in [1.54, 1.807) is 0 Å². The van der Waals surface area contributed by atoms with Crippen LogP contribution in [0.2, 0.25) is 0 Å². The minimum absolute atomic E-state index is 0.00600. The van der Waals surface area contributed by atoms with Gasteiger partial charge in [-0.2, -0.15) is 5.10 Å². The smallest absolute Gasteiger partial charge is 0.253 e. The summed E-state index contributed by atoms with van der Waals surface area (Å²) in [5.74, 6) is 0.149. The van der Waals surface area contributed by atoms with Crippen molar-refractivity contribution in [3.63, 3.8) is 0 Å². The molecule has 1 unspecified atom stereocenters. The summed E-state index contributed by atoms with van der Waals surface area (Å²) in [6.45, 7) is 4.59. The Morgan fingerprint density at radius 2 is 2.00 bits per heavy atom. The molecular formula is C22H28N4O3.